The molecule has 0 bridgehead atoms. The van der Waals surface area contributed by atoms with Gasteiger partial charge in [0.1, 0.15) is 5.51 Å². The molecule has 0 aliphatic carbocycles. The van der Waals surface area contributed by atoms with Gasteiger partial charge < -0.3 is 0 Å². The van der Waals surface area contributed by atoms with E-state index in [1.807, 2.05) is 36.4 Å². The lowest BCUT2D eigenvalue weighted by atomic mass is 10.0. The largest absolute Gasteiger partial charge is 0.296 e. The number of anilines is 1. The van der Waals surface area contributed by atoms with Crippen LogP contribution in [0.15, 0.2) is 60.4 Å². The molecule has 0 saturated carbocycles. The second kappa shape index (κ2) is 6.13. The van der Waals surface area contributed by atoms with Gasteiger partial charge in [-0.1, -0.05) is 29.5 Å². The summed E-state index contributed by atoms with van der Waals surface area (Å²) in [4.78, 5) is 21.4. The number of fused-ring (bicyclic) bond motifs is 1. The average Bonchev–Trinajstić information content (AvgIpc) is 3.14. The fourth-order valence-electron chi connectivity index (χ4n) is 2.43. The number of para-hydroxylation sites is 1. The number of pyridine rings is 2. The van der Waals surface area contributed by atoms with E-state index in [0.29, 0.717) is 10.7 Å². The van der Waals surface area contributed by atoms with Gasteiger partial charge >= 0.3 is 0 Å². The minimum atomic E-state index is -0.236. The van der Waals surface area contributed by atoms with Gasteiger partial charge in [-0.3, -0.25) is 15.1 Å². The molecule has 0 atom stereocenters. The second-order valence-electron chi connectivity index (χ2n) is 5.01. The third-order valence-corrected chi connectivity index (χ3v) is 4.12. The minimum Gasteiger partial charge on any atom is -0.296 e. The van der Waals surface area contributed by atoms with Crippen molar-refractivity contribution >= 4 is 33.3 Å². The Morgan fingerprint density at radius 3 is 2.71 bits per heavy atom. The molecule has 4 rings (SSSR count). The first-order chi connectivity index (χ1) is 11.8. The summed E-state index contributed by atoms with van der Waals surface area (Å²) in [5, 5.41) is 11.6. The lowest BCUT2D eigenvalue weighted by Gasteiger charge is -2.09. The average molecular weight is 333 g/mol. The number of amides is 1. The second-order valence-corrected chi connectivity index (χ2v) is 5.84. The summed E-state index contributed by atoms with van der Waals surface area (Å²) in [6.45, 7) is 0. The molecule has 0 aliphatic heterocycles. The summed E-state index contributed by atoms with van der Waals surface area (Å²) in [7, 11) is 0. The lowest BCUT2D eigenvalue weighted by molar-refractivity contribution is 0.102. The monoisotopic (exact) mass is 333 g/mol. The van der Waals surface area contributed by atoms with Crippen LogP contribution in [0.2, 0.25) is 0 Å². The fourth-order valence-corrected chi connectivity index (χ4v) is 2.87. The Hall–Kier alpha value is -3.19. The third kappa shape index (κ3) is 2.72. The molecule has 0 fully saturated rings. The molecule has 3 heterocycles. The van der Waals surface area contributed by atoms with Crippen LogP contribution in [0.1, 0.15) is 10.4 Å². The molecule has 1 amide bonds. The molecule has 7 heteroatoms. The standard InChI is InChI=1S/C17H11N5OS/c23-16(21-17-22-19-10-24-17)13-9-15(11-5-7-18-8-6-11)20-14-4-2-1-3-12(13)14/h1-10H,(H,21,22,23). The predicted molar refractivity (Wildman–Crippen MR) is 92.8 cm³/mol. The van der Waals surface area contributed by atoms with Gasteiger partial charge in [0.15, 0.2) is 0 Å². The zero-order valence-corrected chi connectivity index (χ0v) is 13.2. The molecule has 1 aromatic carbocycles. The van der Waals surface area contributed by atoms with Crippen LogP contribution < -0.4 is 5.32 Å². The highest BCUT2D eigenvalue weighted by molar-refractivity contribution is 7.13. The Bertz CT molecular complexity index is 1000. The van der Waals surface area contributed by atoms with E-state index in [4.69, 9.17) is 0 Å². The van der Waals surface area contributed by atoms with Crippen LogP contribution in [0, 0.1) is 0 Å². The molecule has 6 nitrogen and oxygen atoms in total. The Morgan fingerprint density at radius 2 is 1.92 bits per heavy atom. The predicted octanol–water partition coefficient (Wildman–Crippen LogP) is 3.40. The Labute approximate surface area is 141 Å². The third-order valence-electron chi connectivity index (χ3n) is 3.52. The van der Waals surface area contributed by atoms with Crippen molar-refractivity contribution in [2.45, 2.75) is 0 Å². The normalized spacial score (nSPS) is 10.7. The maximum absolute atomic E-state index is 12.7. The zero-order valence-electron chi connectivity index (χ0n) is 12.4. The molecule has 1 N–H and O–H groups in total. The van der Waals surface area contributed by atoms with Crippen LogP contribution in [-0.2, 0) is 0 Å². The van der Waals surface area contributed by atoms with Gasteiger partial charge in [0.05, 0.1) is 16.8 Å². The molecular weight excluding hydrogens is 322 g/mol. The van der Waals surface area contributed by atoms with Crippen molar-refractivity contribution in [2.75, 3.05) is 5.32 Å². The Balaban J connectivity index is 1.85. The van der Waals surface area contributed by atoms with Gasteiger partial charge in [-0.25, -0.2) is 4.98 Å². The van der Waals surface area contributed by atoms with E-state index in [1.165, 1.54) is 11.3 Å². The number of rotatable bonds is 3. The molecule has 4 aromatic rings. The summed E-state index contributed by atoms with van der Waals surface area (Å²) < 4.78 is 0. The van der Waals surface area contributed by atoms with E-state index in [-0.39, 0.29) is 5.91 Å². The number of nitrogens with one attached hydrogen (secondary N) is 1. The Morgan fingerprint density at radius 1 is 1.08 bits per heavy atom. The number of aromatic nitrogens is 4. The highest BCUT2D eigenvalue weighted by Crippen LogP contribution is 2.25. The van der Waals surface area contributed by atoms with Crippen LogP contribution in [-0.4, -0.2) is 26.1 Å². The zero-order chi connectivity index (χ0) is 16.4. The molecule has 116 valence electrons. The van der Waals surface area contributed by atoms with Crippen LogP contribution in [0.25, 0.3) is 22.2 Å². The van der Waals surface area contributed by atoms with Crippen molar-refractivity contribution in [2.24, 2.45) is 0 Å². The van der Waals surface area contributed by atoms with Gasteiger partial charge in [0.25, 0.3) is 5.91 Å². The number of benzene rings is 1. The summed E-state index contributed by atoms with van der Waals surface area (Å²) in [5.74, 6) is -0.236. The van der Waals surface area contributed by atoms with E-state index >= 15 is 0 Å². The van der Waals surface area contributed by atoms with E-state index in [0.717, 1.165) is 22.2 Å². The first-order valence-electron chi connectivity index (χ1n) is 7.19. The van der Waals surface area contributed by atoms with Gasteiger partial charge in [-0.2, -0.15) is 0 Å². The van der Waals surface area contributed by atoms with Crippen molar-refractivity contribution < 1.29 is 4.79 Å². The van der Waals surface area contributed by atoms with Crippen LogP contribution >= 0.6 is 11.3 Å². The molecule has 3 aromatic heterocycles. The van der Waals surface area contributed by atoms with Gasteiger partial charge in [0.2, 0.25) is 5.13 Å². The van der Waals surface area contributed by atoms with Crippen molar-refractivity contribution in [3.05, 3.63) is 65.9 Å². The van der Waals surface area contributed by atoms with E-state index in [2.05, 4.69) is 25.5 Å². The minimum absolute atomic E-state index is 0.236. The van der Waals surface area contributed by atoms with E-state index in [1.54, 1.807) is 24.0 Å². The molecular formula is C17H11N5OS. The van der Waals surface area contributed by atoms with Gasteiger partial charge in [0, 0.05) is 23.3 Å². The molecule has 0 radical (unpaired) electrons. The SMILES string of the molecule is O=C(Nc1nncs1)c1cc(-c2ccncc2)nc2ccccc12. The van der Waals surface area contributed by atoms with Crippen LogP contribution in [0.4, 0.5) is 5.13 Å². The maximum Gasteiger partial charge on any atom is 0.258 e. The number of nitrogens with zero attached hydrogens (tertiary/aromatic N) is 4. The lowest BCUT2D eigenvalue weighted by Crippen LogP contribution is -2.13. The molecule has 0 spiro atoms. The summed E-state index contributed by atoms with van der Waals surface area (Å²) in [6, 6.07) is 13.1. The van der Waals surface area contributed by atoms with Gasteiger partial charge in [-0.15, -0.1) is 10.2 Å². The Kier molecular flexibility index (Phi) is 3.68. The fraction of sp³-hybridized carbons (Fsp3) is 0. The van der Waals surface area contributed by atoms with Crippen molar-refractivity contribution in [3.8, 4) is 11.3 Å². The van der Waals surface area contributed by atoms with E-state index in [9.17, 15) is 4.79 Å². The summed E-state index contributed by atoms with van der Waals surface area (Å²) >= 11 is 1.27. The molecule has 0 saturated heterocycles. The molecule has 24 heavy (non-hydrogen) atoms. The smallest absolute Gasteiger partial charge is 0.258 e. The summed E-state index contributed by atoms with van der Waals surface area (Å²) in [6.07, 6.45) is 3.40. The van der Waals surface area contributed by atoms with E-state index < -0.39 is 0 Å². The number of hydrogen-bond donors (Lipinski definition) is 1. The van der Waals surface area contributed by atoms with Crippen molar-refractivity contribution in [3.63, 3.8) is 0 Å². The van der Waals surface area contributed by atoms with Crippen LogP contribution in [0.5, 0.6) is 0 Å². The molecule has 0 unspecified atom stereocenters. The van der Waals surface area contributed by atoms with Crippen molar-refractivity contribution in [1.29, 1.82) is 0 Å². The number of carbonyl (C=O) groups excluding carboxylic acids is 1. The van der Waals surface area contributed by atoms with Crippen molar-refractivity contribution in [1.82, 2.24) is 20.2 Å². The maximum atomic E-state index is 12.7. The topological polar surface area (TPSA) is 80.7 Å². The highest BCUT2D eigenvalue weighted by atomic mass is 32.1. The number of hydrogen-bond acceptors (Lipinski definition) is 6. The summed E-state index contributed by atoms with van der Waals surface area (Å²) in [5.41, 5.74) is 4.50. The number of carbonyl (C=O) groups is 1. The quantitative estimate of drug-likeness (QED) is 0.621. The van der Waals surface area contributed by atoms with Gasteiger partial charge in [-0.05, 0) is 24.3 Å². The molecule has 0 aliphatic rings. The van der Waals surface area contributed by atoms with Crippen LogP contribution in [0.3, 0.4) is 0 Å². The first kappa shape index (κ1) is 14.4. The highest BCUT2D eigenvalue weighted by Gasteiger charge is 2.15. The first-order valence-corrected chi connectivity index (χ1v) is 8.07.